The van der Waals surface area contributed by atoms with Gasteiger partial charge in [0.05, 0.1) is 0 Å². The summed E-state index contributed by atoms with van der Waals surface area (Å²) >= 11 is 3.31. The standard InChI is InChI=1S/C11H11BrO2/c1-10(7-11(10,12)9(13)14)8-5-3-2-4-6-8/h2-6H,7H2,1H3,(H,13,14)/t10-,11-/m1/s1. The summed E-state index contributed by atoms with van der Waals surface area (Å²) < 4.78 is -0.763. The van der Waals surface area contributed by atoms with Crippen molar-refractivity contribution in [3.63, 3.8) is 0 Å². The first kappa shape index (κ1) is 9.71. The van der Waals surface area contributed by atoms with E-state index in [0.29, 0.717) is 6.42 Å². The topological polar surface area (TPSA) is 37.3 Å². The maximum Gasteiger partial charge on any atom is 0.321 e. The van der Waals surface area contributed by atoms with E-state index in [9.17, 15) is 4.79 Å². The molecular weight excluding hydrogens is 244 g/mol. The van der Waals surface area contributed by atoms with Gasteiger partial charge in [-0.05, 0) is 12.0 Å². The number of alkyl halides is 1. The van der Waals surface area contributed by atoms with Gasteiger partial charge in [-0.1, -0.05) is 53.2 Å². The van der Waals surface area contributed by atoms with Crippen LogP contribution in [0.3, 0.4) is 0 Å². The minimum Gasteiger partial charge on any atom is -0.480 e. The summed E-state index contributed by atoms with van der Waals surface area (Å²) in [5.74, 6) is -0.774. The molecule has 1 aliphatic rings. The van der Waals surface area contributed by atoms with Crippen molar-refractivity contribution >= 4 is 21.9 Å². The van der Waals surface area contributed by atoms with Gasteiger partial charge in [-0.3, -0.25) is 4.79 Å². The molecule has 1 fully saturated rings. The zero-order chi connectivity index (χ0) is 10.4. The highest BCUT2D eigenvalue weighted by Gasteiger charge is 2.69. The predicted molar refractivity (Wildman–Crippen MR) is 57.7 cm³/mol. The van der Waals surface area contributed by atoms with Crippen LogP contribution in [0.1, 0.15) is 18.9 Å². The Kier molecular flexibility index (Phi) is 1.96. The third kappa shape index (κ3) is 1.12. The Bertz CT molecular complexity index is 376. The first-order valence-electron chi connectivity index (χ1n) is 4.48. The normalized spacial score (nSPS) is 35.3. The second kappa shape index (κ2) is 2.83. The molecule has 14 heavy (non-hydrogen) atoms. The number of halogens is 1. The van der Waals surface area contributed by atoms with Crippen LogP contribution in [-0.4, -0.2) is 15.4 Å². The Morgan fingerprint density at radius 1 is 1.43 bits per heavy atom. The first-order chi connectivity index (χ1) is 6.51. The van der Waals surface area contributed by atoms with E-state index in [4.69, 9.17) is 5.11 Å². The van der Waals surface area contributed by atoms with Crippen molar-refractivity contribution in [2.45, 2.75) is 23.1 Å². The molecule has 1 N–H and O–H groups in total. The lowest BCUT2D eigenvalue weighted by atomic mass is 9.95. The lowest BCUT2D eigenvalue weighted by Crippen LogP contribution is -2.24. The van der Waals surface area contributed by atoms with Crippen LogP contribution in [0.2, 0.25) is 0 Å². The summed E-state index contributed by atoms with van der Waals surface area (Å²) in [4.78, 5) is 11.0. The minimum atomic E-state index is -0.774. The fourth-order valence-corrected chi connectivity index (χ4v) is 2.68. The molecule has 0 unspecified atom stereocenters. The molecule has 2 rings (SSSR count). The van der Waals surface area contributed by atoms with E-state index < -0.39 is 10.3 Å². The summed E-state index contributed by atoms with van der Waals surface area (Å²) in [6.07, 6.45) is 0.652. The maximum atomic E-state index is 11.0. The highest BCUT2D eigenvalue weighted by Crippen LogP contribution is 2.63. The SMILES string of the molecule is C[C@]1(c2ccccc2)C[C@@]1(Br)C(=O)O. The molecule has 0 spiro atoms. The summed E-state index contributed by atoms with van der Waals surface area (Å²) in [6.45, 7) is 1.98. The monoisotopic (exact) mass is 254 g/mol. The van der Waals surface area contributed by atoms with Crippen LogP contribution < -0.4 is 0 Å². The van der Waals surface area contributed by atoms with E-state index in [2.05, 4.69) is 15.9 Å². The molecule has 0 amide bonds. The third-order valence-electron chi connectivity index (χ3n) is 3.10. The van der Waals surface area contributed by atoms with Crippen LogP contribution in [0.15, 0.2) is 30.3 Å². The van der Waals surface area contributed by atoms with Crippen molar-refractivity contribution in [2.75, 3.05) is 0 Å². The Hall–Kier alpha value is -0.830. The molecule has 0 saturated heterocycles. The van der Waals surface area contributed by atoms with Gasteiger partial charge in [-0.2, -0.15) is 0 Å². The van der Waals surface area contributed by atoms with E-state index in [0.717, 1.165) is 5.56 Å². The zero-order valence-electron chi connectivity index (χ0n) is 7.83. The van der Waals surface area contributed by atoms with Crippen LogP contribution in [-0.2, 0) is 10.2 Å². The van der Waals surface area contributed by atoms with Crippen LogP contribution in [0.5, 0.6) is 0 Å². The summed E-state index contributed by atoms with van der Waals surface area (Å²) in [5.41, 5.74) is 0.819. The van der Waals surface area contributed by atoms with E-state index in [1.807, 2.05) is 37.3 Å². The molecule has 2 nitrogen and oxygen atoms in total. The fraction of sp³-hybridized carbons (Fsp3) is 0.364. The van der Waals surface area contributed by atoms with Crippen molar-refractivity contribution in [1.29, 1.82) is 0 Å². The van der Waals surface area contributed by atoms with Crippen LogP contribution in [0, 0.1) is 0 Å². The predicted octanol–water partition coefficient (Wildman–Crippen LogP) is 2.57. The molecule has 0 aliphatic heterocycles. The van der Waals surface area contributed by atoms with Crippen molar-refractivity contribution in [3.05, 3.63) is 35.9 Å². The van der Waals surface area contributed by atoms with E-state index >= 15 is 0 Å². The van der Waals surface area contributed by atoms with Gasteiger partial charge in [-0.25, -0.2) is 0 Å². The molecular formula is C11H11BrO2. The van der Waals surface area contributed by atoms with Crippen molar-refractivity contribution in [3.8, 4) is 0 Å². The number of carboxylic acid groups (broad SMARTS) is 1. The number of benzene rings is 1. The molecule has 0 radical (unpaired) electrons. The van der Waals surface area contributed by atoms with Gasteiger partial charge in [0, 0.05) is 5.41 Å². The molecule has 0 bridgehead atoms. The van der Waals surface area contributed by atoms with Crippen molar-refractivity contribution < 1.29 is 9.90 Å². The second-order valence-electron chi connectivity index (χ2n) is 3.98. The Balaban J connectivity index is 2.36. The number of rotatable bonds is 2. The summed E-state index contributed by atoms with van der Waals surface area (Å²) in [5, 5.41) is 9.06. The number of hydrogen-bond acceptors (Lipinski definition) is 1. The van der Waals surface area contributed by atoms with Gasteiger partial charge in [0.1, 0.15) is 4.32 Å². The molecule has 0 heterocycles. The van der Waals surface area contributed by atoms with Gasteiger partial charge in [0.2, 0.25) is 0 Å². The van der Waals surface area contributed by atoms with Gasteiger partial charge in [0.15, 0.2) is 0 Å². The average molecular weight is 255 g/mol. The molecule has 74 valence electrons. The molecule has 1 saturated carbocycles. The number of carboxylic acids is 1. The van der Waals surface area contributed by atoms with Crippen LogP contribution >= 0.6 is 15.9 Å². The van der Waals surface area contributed by atoms with E-state index in [-0.39, 0.29) is 5.41 Å². The van der Waals surface area contributed by atoms with E-state index in [1.54, 1.807) is 0 Å². The fourth-order valence-electron chi connectivity index (χ4n) is 1.89. The van der Waals surface area contributed by atoms with Gasteiger partial charge in [0.25, 0.3) is 0 Å². The van der Waals surface area contributed by atoms with E-state index in [1.165, 1.54) is 0 Å². The minimum absolute atomic E-state index is 0.264. The molecule has 1 aromatic carbocycles. The Morgan fingerprint density at radius 2 is 2.00 bits per heavy atom. The van der Waals surface area contributed by atoms with Crippen LogP contribution in [0.25, 0.3) is 0 Å². The molecule has 1 aliphatic carbocycles. The second-order valence-corrected chi connectivity index (χ2v) is 5.33. The van der Waals surface area contributed by atoms with Gasteiger partial charge >= 0.3 is 5.97 Å². The molecule has 1 aromatic rings. The molecule has 3 heteroatoms. The average Bonchev–Trinajstić information content (AvgIpc) is 2.74. The largest absolute Gasteiger partial charge is 0.480 e. The van der Waals surface area contributed by atoms with Crippen LogP contribution in [0.4, 0.5) is 0 Å². The van der Waals surface area contributed by atoms with Gasteiger partial charge < -0.3 is 5.11 Å². The van der Waals surface area contributed by atoms with Crippen molar-refractivity contribution in [1.82, 2.24) is 0 Å². The summed E-state index contributed by atoms with van der Waals surface area (Å²) in [6, 6.07) is 9.77. The number of carbonyl (C=O) groups is 1. The lowest BCUT2D eigenvalue weighted by Gasteiger charge is -2.13. The smallest absolute Gasteiger partial charge is 0.321 e. The summed E-state index contributed by atoms with van der Waals surface area (Å²) in [7, 11) is 0. The lowest BCUT2D eigenvalue weighted by molar-refractivity contribution is -0.137. The maximum absolute atomic E-state index is 11.0. The Morgan fingerprint density at radius 3 is 2.43 bits per heavy atom. The first-order valence-corrected chi connectivity index (χ1v) is 5.28. The zero-order valence-corrected chi connectivity index (χ0v) is 9.41. The number of aliphatic carboxylic acids is 1. The quantitative estimate of drug-likeness (QED) is 0.824. The highest BCUT2D eigenvalue weighted by atomic mass is 79.9. The Labute approximate surface area is 91.1 Å². The van der Waals surface area contributed by atoms with Crippen molar-refractivity contribution in [2.24, 2.45) is 0 Å². The molecule has 2 atom stereocenters. The van der Waals surface area contributed by atoms with Gasteiger partial charge in [-0.15, -0.1) is 0 Å². The highest BCUT2D eigenvalue weighted by molar-refractivity contribution is 9.10. The number of hydrogen-bond donors (Lipinski definition) is 1. The third-order valence-corrected chi connectivity index (χ3v) is 4.59. The molecule has 0 aromatic heterocycles.